The zero-order chi connectivity index (χ0) is 19.1. The van der Waals surface area contributed by atoms with E-state index in [1.807, 2.05) is 32.9 Å². The van der Waals surface area contributed by atoms with Crippen LogP contribution in [0, 0.1) is 12.8 Å². The molecule has 0 bridgehead atoms. The van der Waals surface area contributed by atoms with E-state index in [1.165, 1.54) is 0 Å². The highest BCUT2D eigenvalue weighted by atomic mass is 16.2. The molecule has 0 saturated carbocycles. The molecule has 6 nitrogen and oxygen atoms in total. The largest absolute Gasteiger partial charge is 0.343 e. The molecule has 0 aliphatic carbocycles. The van der Waals surface area contributed by atoms with Crippen LogP contribution < -0.4 is 16.0 Å². The summed E-state index contributed by atoms with van der Waals surface area (Å²) in [5.74, 6) is -0.789. The maximum atomic E-state index is 12.1. The molecule has 2 aromatic rings. The molecule has 2 rings (SSSR count). The summed E-state index contributed by atoms with van der Waals surface area (Å²) < 4.78 is 0. The van der Waals surface area contributed by atoms with E-state index in [-0.39, 0.29) is 30.2 Å². The van der Waals surface area contributed by atoms with Gasteiger partial charge in [-0.25, -0.2) is 0 Å². The highest BCUT2D eigenvalue weighted by Gasteiger charge is 2.10. The lowest BCUT2D eigenvalue weighted by atomic mass is 10.1. The molecule has 0 fully saturated rings. The Labute approximate surface area is 153 Å². The first-order valence-corrected chi connectivity index (χ1v) is 8.41. The lowest BCUT2D eigenvalue weighted by Crippen LogP contribution is -2.33. The predicted molar refractivity (Wildman–Crippen MR) is 102 cm³/mol. The van der Waals surface area contributed by atoms with Crippen LogP contribution in [0.4, 0.5) is 11.4 Å². The topological polar surface area (TPSA) is 87.3 Å². The van der Waals surface area contributed by atoms with Gasteiger partial charge in [0, 0.05) is 22.9 Å². The lowest BCUT2D eigenvalue weighted by molar-refractivity contribution is -0.119. The first-order valence-electron chi connectivity index (χ1n) is 8.41. The molecule has 0 atom stereocenters. The number of rotatable bonds is 6. The molecule has 0 aliphatic rings. The molecule has 0 saturated heterocycles. The minimum atomic E-state index is -0.328. The fourth-order valence-corrected chi connectivity index (χ4v) is 2.21. The van der Waals surface area contributed by atoms with Gasteiger partial charge in [-0.3, -0.25) is 14.4 Å². The summed E-state index contributed by atoms with van der Waals surface area (Å²) in [7, 11) is 0. The van der Waals surface area contributed by atoms with E-state index in [1.54, 1.807) is 36.4 Å². The van der Waals surface area contributed by atoms with Crippen LogP contribution in [0.3, 0.4) is 0 Å². The summed E-state index contributed by atoms with van der Waals surface area (Å²) in [6, 6.07) is 14.0. The Kier molecular flexibility index (Phi) is 6.49. The molecule has 0 unspecified atom stereocenters. The lowest BCUT2D eigenvalue weighted by Gasteiger charge is -2.10. The van der Waals surface area contributed by atoms with Gasteiger partial charge in [0.1, 0.15) is 0 Å². The number of benzene rings is 2. The summed E-state index contributed by atoms with van der Waals surface area (Å²) in [6.07, 6.45) is 0. The van der Waals surface area contributed by atoms with Crippen LogP contribution in [-0.2, 0) is 9.59 Å². The molecule has 3 amide bonds. The van der Waals surface area contributed by atoms with Crippen molar-refractivity contribution in [2.24, 2.45) is 5.92 Å². The average molecular weight is 353 g/mol. The van der Waals surface area contributed by atoms with Crippen LogP contribution in [0.25, 0.3) is 0 Å². The van der Waals surface area contributed by atoms with Gasteiger partial charge in [-0.05, 0) is 42.8 Å². The zero-order valence-electron chi connectivity index (χ0n) is 15.1. The number of carbonyl (C=O) groups is 3. The van der Waals surface area contributed by atoms with Crippen LogP contribution in [-0.4, -0.2) is 24.3 Å². The number of carbonyl (C=O) groups excluding carboxylic acids is 3. The van der Waals surface area contributed by atoms with Gasteiger partial charge in [0.15, 0.2) is 0 Å². The maximum absolute atomic E-state index is 12.1. The molecule has 0 radical (unpaired) electrons. The Morgan fingerprint density at radius 1 is 0.885 bits per heavy atom. The molecule has 3 N–H and O–H groups in total. The molecule has 6 heteroatoms. The molecule has 0 spiro atoms. The van der Waals surface area contributed by atoms with E-state index < -0.39 is 0 Å². The van der Waals surface area contributed by atoms with Gasteiger partial charge in [0.2, 0.25) is 11.8 Å². The van der Waals surface area contributed by atoms with Gasteiger partial charge in [-0.15, -0.1) is 0 Å². The molecular weight excluding hydrogens is 330 g/mol. The molecule has 0 aliphatic heterocycles. The summed E-state index contributed by atoms with van der Waals surface area (Å²) in [6.45, 7) is 5.35. The third-order valence-electron chi connectivity index (χ3n) is 3.76. The number of nitrogens with one attached hydrogen (secondary N) is 3. The fraction of sp³-hybridized carbons (Fsp3) is 0.250. The van der Waals surface area contributed by atoms with Crippen molar-refractivity contribution in [2.75, 3.05) is 17.2 Å². The van der Waals surface area contributed by atoms with Gasteiger partial charge in [-0.1, -0.05) is 32.0 Å². The second-order valence-electron chi connectivity index (χ2n) is 6.27. The minimum Gasteiger partial charge on any atom is -0.343 e. The summed E-state index contributed by atoms with van der Waals surface area (Å²) in [5.41, 5.74) is 2.65. The number of hydrogen-bond donors (Lipinski definition) is 3. The average Bonchev–Trinajstić information content (AvgIpc) is 2.61. The smallest absolute Gasteiger partial charge is 0.251 e. The highest BCUT2D eigenvalue weighted by molar-refractivity contribution is 6.00. The number of aryl methyl sites for hydroxylation is 1. The second-order valence-corrected chi connectivity index (χ2v) is 6.27. The molecule has 0 aromatic heterocycles. The van der Waals surface area contributed by atoms with Crippen LogP contribution in [0.1, 0.15) is 29.8 Å². The standard InChI is InChI=1S/C20H23N3O3/c1-13(2)19(25)23-16-10-8-15(9-11-16)22-18(24)12-21-20(26)17-7-5-4-6-14(17)3/h4-11,13H,12H2,1-3H3,(H,21,26)(H,22,24)(H,23,25). The van der Waals surface area contributed by atoms with Crippen molar-refractivity contribution in [1.82, 2.24) is 5.32 Å². The van der Waals surface area contributed by atoms with E-state index in [4.69, 9.17) is 0 Å². The quantitative estimate of drug-likeness (QED) is 0.746. The van der Waals surface area contributed by atoms with Gasteiger partial charge in [0.25, 0.3) is 5.91 Å². The Hall–Kier alpha value is -3.15. The third-order valence-corrected chi connectivity index (χ3v) is 3.76. The Morgan fingerprint density at radius 3 is 2.04 bits per heavy atom. The monoisotopic (exact) mass is 353 g/mol. The maximum Gasteiger partial charge on any atom is 0.251 e. The van der Waals surface area contributed by atoms with E-state index in [0.717, 1.165) is 5.56 Å². The van der Waals surface area contributed by atoms with Gasteiger partial charge >= 0.3 is 0 Å². The van der Waals surface area contributed by atoms with Crippen molar-refractivity contribution in [3.05, 3.63) is 59.7 Å². The Morgan fingerprint density at radius 2 is 1.46 bits per heavy atom. The third kappa shape index (κ3) is 5.44. The number of hydrogen-bond acceptors (Lipinski definition) is 3. The zero-order valence-corrected chi connectivity index (χ0v) is 15.1. The summed E-state index contributed by atoms with van der Waals surface area (Å²) >= 11 is 0. The summed E-state index contributed by atoms with van der Waals surface area (Å²) in [4.78, 5) is 35.7. The van der Waals surface area contributed by atoms with E-state index in [9.17, 15) is 14.4 Å². The van der Waals surface area contributed by atoms with Gasteiger partial charge in [0.05, 0.1) is 6.54 Å². The van der Waals surface area contributed by atoms with Gasteiger partial charge in [-0.2, -0.15) is 0 Å². The number of amides is 3. The summed E-state index contributed by atoms with van der Waals surface area (Å²) in [5, 5.41) is 8.08. The molecule has 2 aromatic carbocycles. The molecule has 26 heavy (non-hydrogen) atoms. The van der Waals surface area contributed by atoms with Crippen molar-refractivity contribution in [3.63, 3.8) is 0 Å². The molecule has 136 valence electrons. The second kappa shape index (κ2) is 8.80. The highest BCUT2D eigenvalue weighted by Crippen LogP contribution is 2.14. The van der Waals surface area contributed by atoms with Gasteiger partial charge < -0.3 is 16.0 Å². The fourth-order valence-electron chi connectivity index (χ4n) is 2.21. The van der Waals surface area contributed by atoms with Crippen molar-refractivity contribution in [1.29, 1.82) is 0 Å². The van der Waals surface area contributed by atoms with Crippen molar-refractivity contribution in [2.45, 2.75) is 20.8 Å². The first-order chi connectivity index (χ1) is 12.4. The van der Waals surface area contributed by atoms with Crippen molar-refractivity contribution < 1.29 is 14.4 Å². The number of anilines is 2. The van der Waals surface area contributed by atoms with Crippen molar-refractivity contribution in [3.8, 4) is 0 Å². The minimum absolute atomic E-state index is 0.0688. The van der Waals surface area contributed by atoms with E-state index in [0.29, 0.717) is 16.9 Å². The predicted octanol–water partition coefficient (Wildman–Crippen LogP) is 2.96. The Bertz CT molecular complexity index is 798. The van der Waals surface area contributed by atoms with Crippen LogP contribution in [0.5, 0.6) is 0 Å². The van der Waals surface area contributed by atoms with E-state index in [2.05, 4.69) is 16.0 Å². The SMILES string of the molecule is Cc1ccccc1C(=O)NCC(=O)Nc1ccc(NC(=O)C(C)C)cc1. The van der Waals surface area contributed by atoms with Crippen LogP contribution in [0.15, 0.2) is 48.5 Å². The van der Waals surface area contributed by atoms with Crippen LogP contribution >= 0.6 is 0 Å². The Balaban J connectivity index is 1.85. The molecular formula is C20H23N3O3. The molecule has 0 heterocycles. The normalized spacial score (nSPS) is 10.3. The van der Waals surface area contributed by atoms with Crippen molar-refractivity contribution >= 4 is 29.1 Å². The first kappa shape index (κ1) is 19.2. The van der Waals surface area contributed by atoms with E-state index >= 15 is 0 Å². The van der Waals surface area contributed by atoms with Crippen LogP contribution in [0.2, 0.25) is 0 Å².